The van der Waals surface area contributed by atoms with Gasteiger partial charge in [-0.25, -0.2) is 0 Å². The Morgan fingerprint density at radius 1 is 0.923 bits per heavy atom. The van der Waals surface area contributed by atoms with Crippen LogP contribution < -0.4 is 0 Å². The Morgan fingerprint density at radius 2 is 1.77 bits per heavy atom. The Kier molecular flexibility index (Phi) is 5.12. The maximum atomic E-state index is 5.26. The van der Waals surface area contributed by atoms with Crippen molar-refractivity contribution < 1.29 is 4.42 Å². The molecule has 4 nitrogen and oxygen atoms in total. The first-order chi connectivity index (χ1) is 12.9. The van der Waals surface area contributed by atoms with Crippen molar-refractivity contribution in [2.45, 2.75) is 6.54 Å². The van der Waals surface area contributed by atoms with Gasteiger partial charge in [0, 0.05) is 38.9 Å². The van der Waals surface area contributed by atoms with Crippen molar-refractivity contribution in [1.29, 1.82) is 0 Å². The lowest BCUT2D eigenvalue weighted by molar-refractivity contribution is 0.131. The van der Waals surface area contributed by atoms with Crippen LogP contribution in [0.4, 0.5) is 0 Å². The first-order valence-electron chi connectivity index (χ1n) is 9.06. The summed E-state index contributed by atoms with van der Waals surface area (Å²) < 4.78 is 5.26. The zero-order valence-electron chi connectivity index (χ0n) is 14.8. The average Bonchev–Trinajstić information content (AvgIpc) is 3.20. The Hall–Kier alpha value is -2.85. The second-order valence-electron chi connectivity index (χ2n) is 6.51. The molecule has 4 heteroatoms. The molecule has 4 rings (SSSR count). The van der Waals surface area contributed by atoms with E-state index in [4.69, 9.17) is 4.42 Å². The number of rotatable bonds is 5. The van der Waals surface area contributed by atoms with Crippen molar-refractivity contribution in [3.05, 3.63) is 78.3 Å². The third kappa shape index (κ3) is 4.03. The number of nitrogens with zero attached hydrogens (tertiary/aromatic N) is 3. The number of hydrogen-bond acceptors (Lipinski definition) is 4. The summed E-state index contributed by atoms with van der Waals surface area (Å²) in [4.78, 5) is 2.51. The predicted molar refractivity (Wildman–Crippen MR) is 107 cm³/mol. The average molecular weight is 345 g/mol. The van der Waals surface area contributed by atoms with E-state index < -0.39 is 0 Å². The SMILES string of the molecule is C(/C=C/c1ccco1)=N/N1CCN(Cc2cccc3ccccc23)CC1. The van der Waals surface area contributed by atoms with E-state index in [9.17, 15) is 0 Å². The van der Waals surface area contributed by atoms with Gasteiger partial charge in [0.25, 0.3) is 0 Å². The van der Waals surface area contributed by atoms with Crippen LogP contribution in [0.1, 0.15) is 11.3 Å². The fraction of sp³-hybridized carbons (Fsp3) is 0.227. The number of benzene rings is 2. The minimum absolute atomic E-state index is 0.844. The summed E-state index contributed by atoms with van der Waals surface area (Å²) in [7, 11) is 0. The maximum Gasteiger partial charge on any atom is 0.126 e. The number of fused-ring (bicyclic) bond motifs is 1. The highest BCUT2D eigenvalue weighted by Crippen LogP contribution is 2.20. The first-order valence-corrected chi connectivity index (χ1v) is 9.06. The van der Waals surface area contributed by atoms with Crippen molar-refractivity contribution in [3.8, 4) is 0 Å². The van der Waals surface area contributed by atoms with Gasteiger partial charge in [-0.1, -0.05) is 42.5 Å². The predicted octanol–water partition coefficient (Wildman–Crippen LogP) is 4.25. The van der Waals surface area contributed by atoms with Crippen molar-refractivity contribution in [3.63, 3.8) is 0 Å². The normalized spacial score (nSPS) is 16.2. The molecule has 1 saturated heterocycles. The van der Waals surface area contributed by atoms with E-state index in [2.05, 4.69) is 57.5 Å². The van der Waals surface area contributed by atoms with Gasteiger partial charge in [-0.2, -0.15) is 5.10 Å². The molecule has 0 amide bonds. The van der Waals surface area contributed by atoms with Gasteiger partial charge in [0.1, 0.15) is 5.76 Å². The van der Waals surface area contributed by atoms with Gasteiger partial charge in [0.15, 0.2) is 0 Å². The summed E-state index contributed by atoms with van der Waals surface area (Å²) in [6, 6.07) is 19.0. The second-order valence-corrected chi connectivity index (χ2v) is 6.51. The summed E-state index contributed by atoms with van der Waals surface area (Å²) >= 11 is 0. The third-order valence-electron chi connectivity index (χ3n) is 4.74. The zero-order valence-corrected chi connectivity index (χ0v) is 14.8. The quantitative estimate of drug-likeness (QED) is 0.648. The highest BCUT2D eigenvalue weighted by atomic mass is 16.3. The standard InChI is InChI=1S/C22H23N3O/c1-2-11-22-19(6-1)7-3-8-20(22)18-24-13-15-25(16-14-24)23-12-4-9-21-10-5-17-26-21/h1-12,17H,13-16,18H2/b9-4+,23-12-. The van der Waals surface area contributed by atoms with E-state index in [-0.39, 0.29) is 0 Å². The number of piperazine rings is 1. The minimum Gasteiger partial charge on any atom is -0.465 e. The van der Waals surface area contributed by atoms with Crippen LogP contribution in [0.2, 0.25) is 0 Å². The Labute approximate surface area is 154 Å². The fourth-order valence-corrected chi connectivity index (χ4v) is 3.34. The van der Waals surface area contributed by atoms with Crippen LogP contribution in [0.3, 0.4) is 0 Å². The summed E-state index contributed by atoms with van der Waals surface area (Å²) in [6.45, 7) is 4.97. The lowest BCUT2D eigenvalue weighted by Gasteiger charge is -2.33. The smallest absolute Gasteiger partial charge is 0.126 e. The molecule has 26 heavy (non-hydrogen) atoms. The lowest BCUT2D eigenvalue weighted by Crippen LogP contribution is -2.43. The van der Waals surface area contributed by atoms with Gasteiger partial charge in [0.2, 0.25) is 0 Å². The van der Waals surface area contributed by atoms with Gasteiger partial charge < -0.3 is 4.42 Å². The summed E-state index contributed by atoms with van der Waals surface area (Å²) in [5.41, 5.74) is 1.40. The Balaban J connectivity index is 1.31. The second kappa shape index (κ2) is 8.02. The number of allylic oxidation sites excluding steroid dienone is 1. The topological polar surface area (TPSA) is 32.0 Å². The highest BCUT2D eigenvalue weighted by molar-refractivity contribution is 5.85. The molecule has 1 aliphatic rings. The molecular weight excluding hydrogens is 322 g/mol. The Morgan fingerprint density at radius 3 is 2.62 bits per heavy atom. The van der Waals surface area contributed by atoms with Crippen LogP contribution in [0.5, 0.6) is 0 Å². The first kappa shape index (κ1) is 16.6. The van der Waals surface area contributed by atoms with Crippen LogP contribution in [0, 0.1) is 0 Å². The number of furan rings is 1. The lowest BCUT2D eigenvalue weighted by atomic mass is 10.0. The number of hydrogen-bond donors (Lipinski definition) is 0. The van der Waals surface area contributed by atoms with Gasteiger partial charge in [-0.15, -0.1) is 0 Å². The van der Waals surface area contributed by atoms with E-state index in [1.165, 1.54) is 16.3 Å². The summed E-state index contributed by atoms with van der Waals surface area (Å²) in [5.74, 6) is 0.844. The molecule has 0 atom stereocenters. The summed E-state index contributed by atoms with van der Waals surface area (Å²) in [5, 5.41) is 9.33. The van der Waals surface area contributed by atoms with Gasteiger partial charge in [-0.3, -0.25) is 9.91 Å². The van der Waals surface area contributed by atoms with E-state index in [1.807, 2.05) is 30.5 Å². The van der Waals surface area contributed by atoms with Crippen molar-refractivity contribution in [1.82, 2.24) is 9.91 Å². The van der Waals surface area contributed by atoms with Gasteiger partial charge in [-0.05, 0) is 40.6 Å². The Bertz CT molecular complexity index is 885. The monoisotopic (exact) mass is 345 g/mol. The molecule has 1 fully saturated rings. The molecule has 0 spiro atoms. The van der Waals surface area contributed by atoms with E-state index >= 15 is 0 Å². The molecule has 0 unspecified atom stereocenters. The summed E-state index contributed by atoms with van der Waals surface area (Å²) in [6.07, 6.45) is 7.34. The highest BCUT2D eigenvalue weighted by Gasteiger charge is 2.16. The van der Waals surface area contributed by atoms with E-state index in [0.29, 0.717) is 0 Å². The largest absolute Gasteiger partial charge is 0.465 e. The molecule has 0 N–H and O–H groups in total. The number of hydrazone groups is 1. The molecule has 0 radical (unpaired) electrons. The molecular formula is C22H23N3O. The van der Waals surface area contributed by atoms with Gasteiger partial charge in [0.05, 0.1) is 6.26 Å². The molecule has 0 aliphatic carbocycles. The van der Waals surface area contributed by atoms with E-state index in [0.717, 1.165) is 38.5 Å². The molecule has 1 aliphatic heterocycles. The van der Waals surface area contributed by atoms with Crippen LogP contribution in [0.25, 0.3) is 16.8 Å². The molecule has 3 aromatic rings. The van der Waals surface area contributed by atoms with Crippen molar-refractivity contribution in [2.75, 3.05) is 26.2 Å². The van der Waals surface area contributed by atoms with Gasteiger partial charge >= 0.3 is 0 Å². The molecule has 2 aromatic carbocycles. The fourth-order valence-electron chi connectivity index (χ4n) is 3.34. The third-order valence-corrected chi connectivity index (χ3v) is 4.74. The van der Waals surface area contributed by atoms with Crippen molar-refractivity contribution in [2.24, 2.45) is 5.10 Å². The van der Waals surface area contributed by atoms with Crippen LogP contribution in [0.15, 0.2) is 76.5 Å². The van der Waals surface area contributed by atoms with Crippen LogP contribution in [-0.2, 0) is 6.54 Å². The van der Waals surface area contributed by atoms with Crippen LogP contribution in [-0.4, -0.2) is 42.3 Å². The molecule has 1 aromatic heterocycles. The molecule has 2 heterocycles. The zero-order chi connectivity index (χ0) is 17.6. The minimum atomic E-state index is 0.844. The van der Waals surface area contributed by atoms with Crippen molar-refractivity contribution >= 4 is 23.1 Å². The molecule has 0 saturated carbocycles. The maximum absolute atomic E-state index is 5.26. The molecule has 0 bridgehead atoms. The van der Waals surface area contributed by atoms with Crippen LogP contribution >= 0.6 is 0 Å². The van der Waals surface area contributed by atoms with E-state index in [1.54, 1.807) is 6.26 Å². The molecule has 132 valence electrons.